The van der Waals surface area contributed by atoms with Crippen molar-refractivity contribution in [3.8, 4) is 0 Å². The summed E-state index contributed by atoms with van der Waals surface area (Å²) in [6, 6.07) is 13.4. The first-order chi connectivity index (χ1) is 24.1. The molecule has 0 radical (unpaired) electrons. The lowest BCUT2D eigenvalue weighted by molar-refractivity contribution is 0.000216. The van der Waals surface area contributed by atoms with Gasteiger partial charge < -0.3 is 10.6 Å². The van der Waals surface area contributed by atoms with E-state index in [-0.39, 0.29) is 37.6 Å². The molecular weight excluding hydrogens is 1030 g/mol. The van der Waals surface area contributed by atoms with Crippen molar-refractivity contribution in [3.63, 3.8) is 0 Å². The highest BCUT2D eigenvalue weighted by Gasteiger charge is 2.26. The van der Waals surface area contributed by atoms with Gasteiger partial charge in [-0.05, 0) is 183 Å². The predicted octanol–water partition coefficient (Wildman–Crippen LogP) is 10.9. The molecule has 51 heavy (non-hydrogen) atoms. The van der Waals surface area contributed by atoms with Gasteiger partial charge in [-0.2, -0.15) is 0 Å². The van der Waals surface area contributed by atoms with Gasteiger partial charge in [-0.15, -0.1) is 0 Å². The molecule has 1 fully saturated rings. The third kappa shape index (κ3) is 11.2. The average Bonchev–Trinajstić information content (AvgIpc) is 3.90. The maximum Gasteiger partial charge on any atom is 0.277 e. The van der Waals surface area contributed by atoms with Crippen molar-refractivity contribution >= 4 is 112 Å². The van der Waals surface area contributed by atoms with Crippen LogP contribution in [0.2, 0.25) is 0 Å². The van der Waals surface area contributed by atoms with Crippen molar-refractivity contribution in [2.24, 2.45) is 5.92 Å². The Morgan fingerprint density at radius 1 is 0.745 bits per heavy atom. The Bertz CT molecular complexity index is 1950. The zero-order valence-electron chi connectivity index (χ0n) is 27.6. The lowest BCUT2D eigenvalue weighted by atomic mass is 10.1. The van der Waals surface area contributed by atoms with E-state index >= 15 is 0 Å². The molecule has 0 aliphatic heterocycles. The Labute approximate surface area is 336 Å². The highest BCUT2D eigenvalue weighted by molar-refractivity contribution is 14.1. The molecule has 1 saturated carbocycles. The van der Waals surface area contributed by atoms with Crippen LogP contribution >= 0.6 is 77.0 Å². The van der Waals surface area contributed by atoms with Crippen LogP contribution in [0.3, 0.4) is 0 Å². The minimum Gasteiger partial charge on any atom is -0.352 e. The molecule has 0 aromatic heterocycles. The highest BCUT2D eigenvalue weighted by Crippen LogP contribution is 2.34. The van der Waals surface area contributed by atoms with E-state index in [4.69, 9.17) is 9.68 Å². The smallest absolute Gasteiger partial charge is 0.277 e. The third-order valence-electron chi connectivity index (χ3n) is 7.28. The van der Waals surface area contributed by atoms with E-state index in [1.54, 1.807) is 26.0 Å². The van der Waals surface area contributed by atoms with Gasteiger partial charge in [0.05, 0.1) is 44.2 Å². The molecule has 1 aliphatic rings. The van der Waals surface area contributed by atoms with E-state index in [1.165, 1.54) is 12.1 Å². The Hall–Kier alpha value is -2.52. The van der Waals surface area contributed by atoms with Gasteiger partial charge >= 0.3 is 0 Å². The maximum atomic E-state index is 14.6. The molecule has 4 aromatic rings. The van der Waals surface area contributed by atoms with Gasteiger partial charge in [0, 0.05) is 18.5 Å². The number of halogens is 8. The summed E-state index contributed by atoms with van der Waals surface area (Å²) >= 11 is 10.2. The molecule has 0 bridgehead atoms. The van der Waals surface area contributed by atoms with E-state index in [0.29, 0.717) is 23.9 Å². The van der Waals surface area contributed by atoms with Crippen LogP contribution in [0.15, 0.2) is 57.5 Å². The summed E-state index contributed by atoms with van der Waals surface area (Å²) in [5.41, 5.74) is 6.74. The SMILES string of the molecule is Cc1cc(I)ccc1Nc1c(C(=O)NOC(C)C)cc(Br)c(F)c1F.Cc1cc(I)ccc1Nc1c(C(=O)NOCC2CC2)cc(Br)c(F)c1F. The van der Waals surface area contributed by atoms with Gasteiger partial charge in [0.2, 0.25) is 0 Å². The highest BCUT2D eigenvalue weighted by atomic mass is 127. The second kappa shape index (κ2) is 18.5. The first kappa shape index (κ1) is 41.2. The number of carbonyl (C=O) groups is 2. The first-order valence-electron chi connectivity index (χ1n) is 15.4. The second-order valence-electron chi connectivity index (χ2n) is 11.8. The van der Waals surface area contributed by atoms with Crippen LogP contribution in [0, 0.1) is 50.2 Å². The molecule has 0 heterocycles. The largest absolute Gasteiger partial charge is 0.352 e. The van der Waals surface area contributed by atoms with Crippen LogP contribution in [0.5, 0.6) is 0 Å². The Morgan fingerprint density at radius 2 is 1.18 bits per heavy atom. The molecule has 2 amide bonds. The van der Waals surface area contributed by atoms with E-state index in [2.05, 4.69) is 98.6 Å². The normalized spacial score (nSPS) is 12.3. The zero-order valence-corrected chi connectivity index (χ0v) is 35.0. The van der Waals surface area contributed by atoms with Crippen molar-refractivity contribution in [2.45, 2.75) is 46.6 Å². The van der Waals surface area contributed by atoms with E-state index in [0.717, 1.165) is 31.1 Å². The lowest BCUT2D eigenvalue weighted by Crippen LogP contribution is -2.28. The molecular formula is C35H32Br2F4I2N4O4. The quantitative estimate of drug-likeness (QED) is 0.0517. The molecule has 4 aromatic carbocycles. The minimum absolute atomic E-state index is 0.0514. The van der Waals surface area contributed by atoms with Crippen molar-refractivity contribution < 1.29 is 36.8 Å². The Morgan fingerprint density at radius 3 is 1.57 bits per heavy atom. The van der Waals surface area contributed by atoms with E-state index < -0.39 is 35.1 Å². The summed E-state index contributed by atoms with van der Waals surface area (Å²) in [6.07, 6.45) is 1.89. The number of aryl methyl sites for hydroxylation is 2. The summed E-state index contributed by atoms with van der Waals surface area (Å²) in [6.45, 7) is 7.55. The molecule has 16 heteroatoms. The predicted molar refractivity (Wildman–Crippen MR) is 212 cm³/mol. The van der Waals surface area contributed by atoms with Crippen molar-refractivity contribution in [1.29, 1.82) is 0 Å². The number of rotatable bonds is 11. The number of amides is 2. The lowest BCUT2D eigenvalue weighted by Gasteiger charge is -2.16. The maximum absolute atomic E-state index is 14.6. The van der Waals surface area contributed by atoms with Crippen LogP contribution in [-0.2, 0) is 9.68 Å². The topological polar surface area (TPSA) is 101 Å². The molecule has 0 saturated heterocycles. The fraction of sp³-hybridized carbons (Fsp3) is 0.257. The zero-order chi connectivity index (χ0) is 37.6. The van der Waals surface area contributed by atoms with Crippen LogP contribution in [0.4, 0.5) is 40.3 Å². The van der Waals surface area contributed by atoms with Gasteiger partial charge in [0.1, 0.15) is 0 Å². The van der Waals surface area contributed by atoms with Gasteiger partial charge in [0.15, 0.2) is 23.3 Å². The molecule has 5 rings (SSSR count). The van der Waals surface area contributed by atoms with Crippen LogP contribution in [0.25, 0.3) is 0 Å². The molecule has 272 valence electrons. The Balaban J connectivity index is 0.000000229. The summed E-state index contributed by atoms with van der Waals surface area (Å²) in [4.78, 5) is 35.0. The van der Waals surface area contributed by atoms with E-state index in [9.17, 15) is 27.2 Å². The fourth-order valence-corrected chi connectivity index (χ4v) is 6.49. The van der Waals surface area contributed by atoms with Crippen molar-refractivity contribution in [3.05, 3.63) is 110 Å². The monoisotopic (exact) mass is 1060 g/mol. The number of benzene rings is 4. The standard InChI is InChI=1S/C18H16BrF2IN2O2.C17H16BrF2IN2O2/c1-9-6-11(22)4-5-14(9)23-17-12(7-13(19)15(20)16(17)21)18(25)24-26-8-10-2-3-10;1-8(2)25-23-17(24)11-7-12(18)14(19)15(20)16(11)22-13-5-4-10(21)6-9(13)3/h4-7,10,23H,2-3,8H2,1H3,(H,24,25);4-8,22H,1-3H3,(H,23,24). The van der Waals surface area contributed by atoms with Gasteiger partial charge in [-0.1, -0.05) is 0 Å². The summed E-state index contributed by atoms with van der Waals surface area (Å²) in [7, 11) is 0. The van der Waals surface area contributed by atoms with Crippen LogP contribution in [0.1, 0.15) is 58.5 Å². The number of carbonyl (C=O) groups excluding carboxylic acids is 2. The molecule has 0 atom stereocenters. The number of hydroxylamine groups is 2. The average molecular weight is 1060 g/mol. The Kier molecular flexibility index (Phi) is 15.0. The number of hydrogen-bond acceptors (Lipinski definition) is 6. The van der Waals surface area contributed by atoms with Gasteiger partial charge in [-0.3, -0.25) is 19.3 Å². The fourth-order valence-electron chi connectivity index (χ4n) is 4.39. The number of nitrogens with one attached hydrogen (secondary N) is 4. The summed E-state index contributed by atoms with van der Waals surface area (Å²) < 4.78 is 58.8. The molecule has 1 aliphatic carbocycles. The van der Waals surface area contributed by atoms with Gasteiger partial charge in [0.25, 0.3) is 11.8 Å². The second-order valence-corrected chi connectivity index (χ2v) is 16.0. The van der Waals surface area contributed by atoms with Crippen molar-refractivity contribution in [1.82, 2.24) is 11.0 Å². The summed E-state index contributed by atoms with van der Waals surface area (Å²) in [5.74, 6) is -5.29. The number of anilines is 4. The van der Waals surface area contributed by atoms with Gasteiger partial charge in [-0.25, -0.2) is 28.5 Å². The summed E-state index contributed by atoms with van der Waals surface area (Å²) in [5, 5.41) is 5.66. The van der Waals surface area contributed by atoms with Crippen LogP contribution in [-0.4, -0.2) is 24.5 Å². The number of hydrogen-bond donors (Lipinski definition) is 4. The molecule has 4 N–H and O–H groups in total. The molecule has 0 spiro atoms. The van der Waals surface area contributed by atoms with Crippen LogP contribution < -0.4 is 21.6 Å². The molecule has 0 unspecified atom stereocenters. The van der Waals surface area contributed by atoms with E-state index in [1.807, 2.05) is 38.1 Å². The first-order valence-corrected chi connectivity index (χ1v) is 19.1. The third-order valence-corrected chi connectivity index (χ3v) is 9.77. The van der Waals surface area contributed by atoms with Crippen molar-refractivity contribution in [2.75, 3.05) is 17.2 Å². The molecule has 8 nitrogen and oxygen atoms in total. The minimum atomic E-state index is -1.15.